The third kappa shape index (κ3) is 13.7. The summed E-state index contributed by atoms with van der Waals surface area (Å²) >= 11 is 5.39. The van der Waals surface area contributed by atoms with Crippen LogP contribution in [-0.4, -0.2) is 28.1 Å². The van der Waals surface area contributed by atoms with E-state index in [2.05, 4.69) is 24.5 Å². The Bertz CT molecular complexity index is 425. The number of ether oxygens (including phenoxy) is 1. The molecule has 0 rings (SSSR count). The third-order valence-corrected chi connectivity index (χ3v) is 1.76. The monoisotopic (exact) mass is 302 g/mol. The molecule has 0 amide bonds. The normalized spacial score (nSPS) is 10.7. The zero-order valence-electron chi connectivity index (χ0n) is 10.6. The summed E-state index contributed by atoms with van der Waals surface area (Å²) in [6.45, 7) is 9.84. The molecule has 2 N–H and O–H groups in total. The maximum atomic E-state index is 10.3. The lowest BCUT2D eigenvalue weighted by molar-refractivity contribution is -0.140. The van der Waals surface area contributed by atoms with Gasteiger partial charge in [0.1, 0.15) is 0 Å². The van der Waals surface area contributed by atoms with Crippen molar-refractivity contribution in [2.75, 3.05) is 0 Å². The molecule has 0 radical (unpaired) electrons. The van der Waals surface area contributed by atoms with Crippen LogP contribution >= 0.6 is 11.6 Å². The smallest absolute Gasteiger partial charge is 0.335 e. The van der Waals surface area contributed by atoms with Crippen LogP contribution in [0.4, 0.5) is 0 Å². The molecule has 0 saturated heterocycles. The molecule has 0 fully saturated rings. The summed E-state index contributed by atoms with van der Waals surface area (Å²) in [6.07, 6.45) is 4.00. The molecule has 110 valence electrons. The van der Waals surface area contributed by atoms with Gasteiger partial charge in [0.05, 0.1) is 12.2 Å². The number of hydrogen-bond acceptors (Lipinski definition) is 4. The van der Waals surface area contributed by atoms with Gasteiger partial charge in [0, 0.05) is 17.2 Å². The number of hydrogen-bond donors (Lipinski definition) is 2. The lowest BCUT2D eigenvalue weighted by Gasteiger charge is -2.03. The van der Waals surface area contributed by atoms with Gasteiger partial charge in [0.25, 0.3) is 0 Å². The van der Waals surface area contributed by atoms with Gasteiger partial charge in [-0.3, -0.25) is 4.79 Å². The highest BCUT2D eigenvalue weighted by molar-refractivity contribution is 6.29. The van der Waals surface area contributed by atoms with Gasteiger partial charge >= 0.3 is 17.9 Å². The van der Waals surface area contributed by atoms with E-state index in [0.717, 1.165) is 12.3 Å². The van der Waals surface area contributed by atoms with Crippen LogP contribution in [-0.2, 0) is 19.1 Å². The summed E-state index contributed by atoms with van der Waals surface area (Å²) in [7, 11) is 0. The van der Waals surface area contributed by atoms with Gasteiger partial charge in [-0.15, -0.1) is 6.58 Å². The molecule has 0 aliphatic heterocycles. The molecule has 1 atom stereocenters. The predicted molar refractivity (Wildman–Crippen MR) is 74.0 cm³/mol. The maximum absolute atomic E-state index is 10.3. The highest BCUT2D eigenvalue weighted by Crippen LogP contribution is 2.14. The van der Waals surface area contributed by atoms with Crippen molar-refractivity contribution in [3.8, 4) is 0 Å². The summed E-state index contributed by atoms with van der Waals surface area (Å²) in [5.41, 5.74) is 0. The summed E-state index contributed by atoms with van der Waals surface area (Å²) in [4.78, 5) is 30.4. The molecule has 0 saturated carbocycles. The van der Waals surface area contributed by atoms with E-state index >= 15 is 0 Å². The predicted octanol–water partition coefficient (Wildman–Crippen LogP) is 2.33. The molecule has 0 aromatic carbocycles. The van der Waals surface area contributed by atoms with Crippen molar-refractivity contribution in [3.05, 3.63) is 49.3 Å². The van der Waals surface area contributed by atoms with Crippen molar-refractivity contribution >= 4 is 29.5 Å². The molecular formula is C13H15ClO6. The van der Waals surface area contributed by atoms with Crippen molar-refractivity contribution in [1.29, 1.82) is 0 Å². The van der Waals surface area contributed by atoms with Crippen molar-refractivity contribution in [3.63, 3.8) is 0 Å². The first kappa shape index (κ1) is 20.0. The molecule has 20 heavy (non-hydrogen) atoms. The Morgan fingerprint density at radius 3 is 2.00 bits per heavy atom. The number of esters is 1. The topological polar surface area (TPSA) is 101 Å². The maximum Gasteiger partial charge on any atom is 0.335 e. The Kier molecular flexibility index (Phi) is 11.7. The number of carboxylic acid groups (broad SMARTS) is 2. The minimum absolute atomic E-state index is 0.250. The molecule has 0 bridgehead atoms. The zero-order chi connectivity index (χ0) is 16.1. The lowest BCUT2D eigenvalue weighted by Crippen LogP contribution is -2.09. The fraction of sp³-hybridized carbons (Fsp3) is 0.154. The van der Waals surface area contributed by atoms with Crippen LogP contribution in [0.25, 0.3) is 0 Å². The fourth-order valence-electron chi connectivity index (χ4n) is 0.771. The van der Waals surface area contributed by atoms with Crippen LogP contribution in [0.15, 0.2) is 49.3 Å². The zero-order valence-corrected chi connectivity index (χ0v) is 11.4. The van der Waals surface area contributed by atoms with Gasteiger partial charge < -0.3 is 14.9 Å². The second-order valence-corrected chi connectivity index (χ2v) is 3.71. The summed E-state index contributed by atoms with van der Waals surface area (Å²) in [5.74, 6) is -3.47. The van der Waals surface area contributed by atoms with Crippen LogP contribution in [0, 0.1) is 5.92 Å². The van der Waals surface area contributed by atoms with Crippen LogP contribution in [0.2, 0.25) is 0 Å². The third-order valence-electron chi connectivity index (χ3n) is 1.60. The second kappa shape index (κ2) is 11.7. The Morgan fingerprint density at radius 1 is 1.20 bits per heavy atom. The van der Waals surface area contributed by atoms with Gasteiger partial charge in [-0.25, -0.2) is 9.59 Å². The van der Waals surface area contributed by atoms with E-state index in [1.807, 2.05) is 0 Å². The minimum Gasteiger partial charge on any atom is -0.481 e. The second-order valence-electron chi connectivity index (χ2n) is 3.18. The number of carbonyl (C=O) groups excluding carboxylic acids is 1. The molecule has 0 aliphatic carbocycles. The number of aliphatic carboxylic acids is 2. The van der Waals surface area contributed by atoms with Gasteiger partial charge in [0.2, 0.25) is 0 Å². The van der Waals surface area contributed by atoms with Crippen LogP contribution in [0.3, 0.4) is 0 Å². The van der Waals surface area contributed by atoms with Gasteiger partial charge in [-0.2, -0.15) is 0 Å². The van der Waals surface area contributed by atoms with Gasteiger partial charge in [0.15, 0.2) is 0 Å². The average Bonchev–Trinajstić information content (AvgIpc) is 2.34. The van der Waals surface area contributed by atoms with E-state index in [9.17, 15) is 14.4 Å². The highest BCUT2D eigenvalue weighted by Gasteiger charge is 2.12. The quantitative estimate of drug-likeness (QED) is 0.324. The number of halogens is 1. The average molecular weight is 303 g/mol. The number of allylic oxidation sites excluding steroid dienone is 1. The lowest BCUT2D eigenvalue weighted by atomic mass is 10.1. The highest BCUT2D eigenvalue weighted by atomic mass is 35.5. The largest absolute Gasteiger partial charge is 0.481 e. The van der Waals surface area contributed by atoms with Crippen molar-refractivity contribution in [2.45, 2.75) is 6.42 Å². The SMILES string of the molecule is C=CC(CC(=C)Cl)C(=O)O.C=COC(=O)/C=C\C(=O)O. The molecule has 0 aromatic heterocycles. The molecule has 0 aromatic rings. The van der Waals surface area contributed by atoms with E-state index in [1.54, 1.807) is 0 Å². The fourth-order valence-corrected chi connectivity index (χ4v) is 0.937. The first-order chi connectivity index (χ1) is 9.24. The standard InChI is InChI=1S/C7H9ClO2.C6H6O4/c1-3-6(7(9)10)4-5(2)8;1-2-10-6(9)4-3-5(7)8/h3,6H,1-2,4H2,(H,9,10);2-4H,1H2,(H,7,8)/b;4-3-. The molecule has 6 nitrogen and oxygen atoms in total. The summed E-state index contributed by atoms with van der Waals surface area (Å²) in [6, 6.07) is 0. The first-order valence-corrected chi connectivity index (χ1v) is 5.53. The summed E-state index contributed by atoms with van der Waals surface area (Å²) in [5, 5.41) is 16.8. The Labute approximate surface area is 121 Å². The molecular weight excluding hydrogens is 288 g/mol. The Hall–Kier alpha value is -2.34. The number of carbonyl (C=O) groups is 3. The van der Waals surface area contributed by atoms with Crippen LogP contribution in [0.5, 0.6) is 0 Å². The van der Waals surface area contributed by atoms with E-state index in [-0.39, 0.29) is 6.42 Å². The number of carboxylic acids is 2. The van der Waals surface area contributed by atoms with E-state index in [0.29, 0.717) is 11.1 Å². The minimum atomic E-state index is -1.19. The molecule has 7 heteroatoms. The van der Waals surface area contributed by atoms with E-state index in [1.165, 1.54) is 6.08 Å². The van der Waals surface area contributed by atoms with Crippen molar-refractivity contribution in [2.24, 2.45) is 5.92 Å². The molecule has 1 unspecified atom stereocenters. The van der Waals surface area contributed by atoms with Crippen LogP contribution < -0.4 is 0 Å². The van der Waals surface area contributed by atoms with Crippen molar-refractivity contribution < 1.29 is 29.3 Å². The van der Waals surface area contributed by atoms with Crippen molar-refractivity contribution in [1.82, 2.24) is 0 Å². The summed E-state index contributed by atoms with van der Waals surface area (Å²) < 4.78 is 4.17. The Balaban J connectivity index is 0. The Morgan fingerprint density at radius 2 is 1.75 bits per heavy atom. The van der Waals surface area contributed by atoms with E-state index in [4.69, 9.17) is 21.8 Å². The van der Waals surface area contributed by atoms with E-state index < -0.39 is 23.8 Å². The van der Waals surface area contributed by atoms with Gasteiger partial charge in [-0.1, -0.05) is 30.8 Å². The molecule has 0 spiro atoms. The number of rotatable bonds is 7. The first-order valence-electron chi connectivity index (χ1n) is 5.15. The van der Waals surface area contributed by atoms with Gasteiger partial charge in [-0.05, 0) is 6.42 Å². The molecule has 0 heterocycles. The van der Waals surface area contributed by atoms with Crippen LogP contribution in [0.1, 0.15) is 6.42 Å². The molecule has 0 aliphatic rings.